The molecule has 1 amide bonds. The number of carbonyl (C=O) groups excluding carboxylic acids is 1. The number of aromatic nitrogens is 1. The first-order chi connectivity index (χ1) is 9.58. The van der Waals surface area contributed by atoms with Gasteiger partial charge in [-0.25, -0.2) is 5.43 Å². The first-order valence-electron chi connectivity index (χ1n) is 5.85. The average molecular weight is 271 g/mol. The lowest BCUT2D eigenvalue weighted by Gasteiger charge is -2.05. The number of carbonyl (C=O) groups is 1. The number of nitrogens with zero attached hydrogens (tertiary/aromatic N) is 2. The molecule has 0 fully saturated rings. The van der Waals surface area contributed by atoms with E-state index in [1.807, 2.05) is 0 Å². The second-order valence-electron chi connectivity index (χ2n) is 4.08. The molecule has 0 spiro atoms. The zero-order chi connectivity index (χ0) is 14.5. The van der Waals surface area contributed by atoms with Crippen LogP contribution in [0.15, 0.2) is 47.8 Å². The van der Waals surface area contributed by atoms with Crippen LogP contribution in [0.25, 0.3) is 0 Å². The number of hydrogen-bond acceptors (Lipinski definition) is 5. The molecule has 2 aromatic rings. The van der Waals surface area contributed by atoms with Crippen LogP contribution in [0.3, 0.4) is 0 Å². The van der Waals surface area contributed by atoms with Crippen LogP contribution in [-0.2, 0) is 0 Å². The fraction of sp³-hybridized carbons (Fsp3) is 0.0714. The monoisotopic (exact) mass is 271 g/mol. The first kappa shape index (κ1) is 13.5. The Kier molecular flexibility index (Phi) is 3.95. The summed E-state index contributed by atoms with van der Waals surface area (Å²) in [5, 5.41) is 22.9. The highest BCUT2D eigenvalue weighted by Gasteiger charge is 2.08. The highest BCUT2D eigenvalue weighted by molar-refractivity contribution is 6.02. The second-order valence-corrected chi connectivity index (χ2v) is 4.08. The Balaban J connectivity index is 2.15. The highest BCUT2D eigenvalue weighted by Crippen LogP contribution is 2.22. The van der Waals surface area contributed by atoms with Crippen LogP contribution in [0, 0.1) is 0 Å². The summed E-state index contributed by atoms with van der Waals surface area (Å²) in [6, 6.07) is 7.34. The summed E-state index contributed by atoms with van der Waals surface area (Å²) in [7, 11) is 0. The van der Waals surface area contributed by atoms with E-state index in [1.54, 1.807) is 25.3 Å². The summed E-state index contributed by atoms with van der Waals surface area (Å²) >= 11 is 0. The summed E-state index contributed by atoms with van der Waals surface area (Å²) in [6.07, 6.45) is 2.99. The van der Waals surface area contributed by atoms with Crippen LogP contribution >= 0.6 is 0 Å². The predicted octanol–water partition coefficient (Wildman–Crippen LogP) is 1.65. The molecule has 102 valence electrons. The summed E-state index contributed by atoms with van der Waals surface area (Å²) in [4.78, 5) is 15.6. The van der Waals surface area contributed by atoms with Gasteiger partial charge in [0.1, 0.15) is 11.5 Å². The number of benzene rings is 1. The number of nitrogens with one attached hydrogen (secondary N) is 1. The number of phenols is 2. The molecule has 0 aliphatic carbocycles. The molecule has 1 aromatic carbocycles. The van der Waals surface area contributed by atoms with Crippen LogP contribution in [0.1, 0.15) is 22.8 Å². The largest absolute Gasteiger partial charge is 0.508 e. The van der Waals surface area contributed by atoms with Crippen molar-refractivity contribution in [2.75, 3.05) is 0 Å². The lowest BCUT2D eigenvalue weighted by atomic mass is 10.1. The zero-order valence-electron chi connectivity index (χ0n) is 10.7. The summed E-state index contributed by atoms with van der Waals surface area (Å²) < 4.78 is 0. The predicted molar refractivity (Wildman–Crippen MR) is 73.7 cm³/mol. The van der Waals surface area contributed by atoms with Crippen molar-refractivity contribution in [3.05, 3.63) is 53.9 Å². The number of phenolic OH excluding ortho intramolecular Hbond substituents is 2. The Morgan fingerprint density at radius 1 is 1.30 bits per heavy atom. The lowest BCUT2D eigenvalue weighted by Crippen LogP contribution is -2.19. The normalized spacial score (nSPS) is 11.2. The van der Waals surface area contributed by atoms with Crippen molar-refractivity contribution >= 4 is 11.6 Å². The van der Waals surface area contributed by atoms with E-state index in [-0.39, 0.29) is 11.5 Å². The fourth-order valence-corrected chi connectivity index (χ4v) is 1.57. The Hall–Kier alpha value is -2.89. The minimum absolute atomic E-state index is 0.00550. The maximum atomic E-state index is 11.8. The first-order valence-corrected chi connectivity index (χ1v) is 5.85. The van der Waals surface area contributed by atoms with Gasteiger partial charge >= 0.3 is 0 Å². The van der Waals surface area contributed by atoms with Crippen molar-refractivity contribution in [1.29, 1.82) is 0 Å². The number of rotatable bonds is 3. The number of aromatic hydroxyl groups is 2. The van der Waals surface area contributed by atoms with Crippen molar-refractivity contribution in [2.24, 2.45) is 5.10 Å². The molecule has 1 aromatic heterocycles. The molecule has 0 radical (unpaired) electrons. The topological polar surface area (TPSA) is 94.8 Å². The van der Waals surface area contributed by atoms with Crippen molar-refractivity contribution in [3.63, 3.8) is 0 Å². The zero-order valence-corrected chi connectivity index (χ0v) is 10.7. The molecule has 0 saturated carbocycles. The van der Waals surface area contributed by atoms with Gasteiger partial charge in [0.2, 0.25) is 0 Å². The van der Waals surface area contributed by atoms with Crippen molar-refractivity contribution < 1.29 is 15.0 Å². The molecule has 2 rings (SSSR count). The van der Waals surface area contributed by atoms with Crippen LogP contribution in [0.2, 0.25) is 0 Å². The van der Waals surface area contributed by atoms with Gasteiger partial charge in [0.25, 0.3) is 5.91 Å². The molecule has 0 aliphatic rings. The van der Waals surface area contributed by atoms with Crippen LogP contribution in [0.4, 0.5) is 0 Å². The van der Waals surface area contributed by atoms with Crippen LogP contribution in [-0.4, -0.2) is 26.8 Å². The summed E-state index contributed by atoms with van der Waals surface area (Å²) in [5.41, 5.74) is 3.45. The van der Waals surface area contributed by atoms with Gasteiger partial charge in [-0.15, -0.1) is 0 Å². The van der Waals surface area contributed by atoms with E-state index in [0.29, 0.717) is 16.8 Å². The molecule has 3 N–H and O–H groups in total. The molecule has 6 nitrogen and oxygen atoms in total. The van der Waals surface area contributed by atoms with Crippen LogP contribution in [0.5, 0.6) is 11.5 Å². The third-order valence-electron chi connectivity index (χ3n) is 2.62. The minimum atomic E-state index is -0.405. The van der Waals surface area contributed by atoms with Gasteiger partial charge in [-0.3, -0.25) is 9.78 Å². The average Bonchev–Trinajstić information content (AvgIpc) is 2.47. The maximum Gasteiger partial charge on any atom is 0.272 e. The van der Waals surface area contributed by atoms with Gasteiger partial charge in [0.15, 0.2) is 0 Å². The van der Waals surface area contributed by atoms with E-state index in [1.165, 1.54) is 24.4 Å². The van der Waals surface area contributed by atoms with Gasteiger partial charge in [-0.1, -0.05) is 0 Å². The molecule has 0 saturated heterocycles. The number of pyridine rings is 1. The maximum absolute atomic E-state index is 11.8. The van der Waals surface area contributed by atoms with E-state index >= 15 is 0 Å². The molecular formula is C14H13N3O3. The Morgan fingerprint density at radius 2 is 2.10 bits per heavy atom. The molecule has 1 heterocycles. The Labute approximate surface area is 115 Å². The van der Waals surface area contributed by atoms with Gasteiger partial charge < -0.3 is 10.2 Å². The third kappa shape index (κ3) is 3.11. The van der Waals surface area contributed by atoms with Gasteiger partial charge in [0, 0.05) is 18.0 Å². The molecule has 0 unspecified atom stereocenters. The number of hydrazone groups is 1. The van der Waals surface area contributed by atoms with Crippen molar-refractivity contribution in [1.82, 2.24) is 10.4 Å². The van der Waals surface area contributed by atoms with Gasteiger partial charge in [-0.05, 0) is 37.3 Å². The number of amides is 1. The van der Waals surface area contributed by atoms with E-state index in [0.717, 1.165) is 0 Å². The van der Waals surface area contributed by atoms with Gasteiger partial charge in [-0.2, -0.15) is 5.10 Å². The fourth-order valence-electron chi connectivity index (χ4n) is 1.57. The quantitative estimate of drug-likeness (QED) is 0.449. The second kappa shape index (κ2) is 5.83. The van der Waals surface area contributed by atoms with Crippen molar-refractivity contribution in [3.8, 4) is 11.5 Å². The molecule has 20 heavy (non-hydrogen) atoms. The SMILES string of the molecule is CC(=NNC(=O)c1cccnc1)c1cc(O)ccc1O. The lowest BCUT2D eigenvalue weighted by molar-refractivity contribution is 0.0954. The standard InChI is InChI=1S/C14H13N3O3/c1-9(12-7-11(18)4-5-13(12)19)16-17-14(20)10-3-2-6-15-8-10/h2-8,18-19H,1H3,(H,17,20). The molecule has 0 aliphatic heterocycles. The molecule has 0 bridgehead atoms. The summed E-state index contributed by atoms with van der Waals surface area (Å²) in [5.74, 6) is -0.428. The molecule has 0 atom stereocenters. The smallest absolute Gasteiger partial charge is 0.272 e. The Bertz CT molecular complexity index is 654. The summed E-state index contributed by atoms with van der Waals surface area (Å²) in [6.45, 7) is 1.61. The van der Waals surface area contributed by atoms with E-state index in [2.05, 4.69) is 15.5 Å². The third-order valence-corrected chi connectivity index (χ3v) is 2.62. The molecule has 6 heteroatoms. The van der Waals surface area contributed by atoms with E-state index in [4.69, 9.17) is 0 Å². The highest BCUT2D eigenvalue weighted by atomic mass is 16.3. The molecular weight excluding hydrogens is 258 g/mol. The number of hydrogen-bond donors (Lipinski definition) is 3. The van der Waals surface area contributed by atoms with Crippen molar-refractivity contribution in [2.45, 2.75) is 6.92 Å². The minimum Gasteiger partial charge on any atom is -0.508 e. The van der Waals surface area contributed by atoms with Crippen LogP contribution < -0.4 is 5.43 Å². The van der Waals surface area contributed by atoms with Gasteiger partial charge in [0.05, 0.1) is 11.3 Å². The van der Waals surface area contributed by atoms with E-state index < -0.39 is 5.91 Å². The van der Waals surface area contributed by atoms with E-state index in [9.17, 15) is 15.0 Å². The Morgan fingerprint density at radius 3 is 2.80 bits per heavy atom.